The number of hydrogen-bond donors (Lipinski definition) is 1. The fourth-order valence-electron chi connectivity index (χ4n) is 2.89. The van der Waals surface area contributed by atoms with Crippen molar-refractivity contribution in [3.05, 3.63) is 24.2 Å². The first-order chi connectivity index (χ1) is 8.83. The fourth-order valence-corrected chi connectivity index (χ4v) is 2.89. The Hall–Kier alpha value is -0.800. The van der Waals surface area contributed by atoms with Gasteiger partial charge < -0.3 is 10.2 Å². The Labute approximate surface area is 110 Å². The van der Waals surface area contributed by atoms with E-state index in [0.29, 0.717) is 0 Å². The van der Waals surface area contributed by atoms with Crippen LogP contribution in [-0.2, 0) is 0 Å². The highest BCUT2D eigenvalue weighted by Crippen LogP contribution is 2.27. The largest absolute Gasteiger partial charge is 0.468 e. The molecule has 0 bridgehead atoms. The molecular formula is C15H26N2O. The maximum Gasteiger partial charge on any atom is 0.122 e. The van der Waals surface area contributed by atoms with E-state index in [1.165, 1.54) is 32.1 Å². The van der Waals surface area contributed by atoms with E-state index in [2.05, 4.69) is 17.9 Å². The molecule has 0 saturated carbocycles. The first-order valence-electron chi connectivity index (χ1n) is 7.36. The molecular weight excluding hydrogens is 224 g/mol. The van der Waals surface area contributed by atoms with Crippen LogP contribution < -0.4 is 5.73 Å². The van der Waals surface area contributed by atoms with Crippen LogP contribution in [0.25, 0.3) is 0 Å². The van der Waals surface area contributed by atoms with E-state index in [9.17, 15) is 0 Å². The number of nitrogens with zero attached hydrogens (tertiary/aromatic N) is 1. The molecule has 0 aromatic carbocycles. The van der Waals surface area contributed by atoms with Crippen molar-refractivity contribution >= 4 is 0 Å². The zero-order valence-electron chi connectivity index (χ0n) is 11.5. The van der Waals surface area contributed by atoms with Crippen LogP contribution in [0.15, 0.2) is 22.8 Å². The van der Waals surface area contributed by atoms with Gasteiger partial charge in [-0.2, -0.15) is 0 Å². The third-order valence-electron chi connectivity index (χ3n) is 4.00. The van der Waals surface area contributed by atoms with Crippen LogP contribution in [0, 0.1) is 0 Å². The molecule has 1 aliphatic heterocycles. The molecule has 2 rings (SSSR count). The smallest absolute Gasteiger partial charge is 0.122 e. The molecule has 2 unspecified atom stereocenters. The van der Waals surface area contributed by atoms with Gasteiger partial charge in [-0.3, -0.25) is 4.90 Å². The normalized spacial score (nSPS) is 22.1. The van der Waals surface area contributed by atoms with E-state index in [4.69, 9.17) is 10.2 Å². The predicted molar refractivity (Wildman–Crippen MR) is 74.4 cm³/mol. The summed E-state index contributed by atoms with van der Waals surface area (Å²) in [7, 11) is 0. The van der Waals surface area contributed by atoms with Gasteiger partial charge in [0.15, 0.2) is 0 Å². The highest BCUT2D eigenvalue weighted by Gasteiger charge is 2.27. The third-order valence-corrected chi connectivity index (χ3v) is 4.00. The van der Waals surface area contributed by atoms with Crippen LogP contribution in [0.2, 0.25) is 0 Å². The standard InChI is InChI=1S/C15H26N2O/c1-2-13(16)15(14-9-8-12-18-14)17-10-6-4-3-5-7-11-17/h8-9,12-13,15H,2-7,10-11,16H2,1H3. The zero-order valence-corrected chi connectivity index (χ0v) is 11.5. The average Bonchev–Trinajstić information content (AvgIpc) is 2.85. The predicted octanol–water partition coefficient (Wildman–Crippen LogP) is 3.32. The van der Waals surface area contributed by atoms with Gasteiger partial charge in [-0.1, -0.05) is 26.2 Å². The SMILES string of the molecule is CCC(N)C(c1ccco1)N1CCCCCCC1. The molecule has 0 amide bonds. The van der Waals surface area contributed by atoms with Gasteiger partial charge in [-0.25, -0.2) is 0 Å². The highest BCUT2D eigenvalue weighted by molar-refractivity contribution is 5.08. The number of furan rings is 1. The lowest BCUT2D eigenvalue weighted by molar-refractivity contribution is 0.136. The molecule has 3 heteroatoms. The Balaban J connectivity index is 2.11. The minimum atomic E-state index is 0.163. The average molecular weight is 250 g/mol. The molecule has 1 fully saturated rings. The molecule has 1 saturated heterocycles. The Bertz CT molecular complexity index is 315. The quantitative estimate of drug-likeness (QED) is 0.891. The molecule has 2 heterocycles. The maximum absolute atomic E-state index is 6.33. The van der Waals surface area contributed by atoms with Gasteiger partial charge in [0, 0.05) is 6.04 Å². The summed E-state index contributed by atoms with van der Waals surface area (Å²) in [4.78, 5) is 2.53. The molecule has 0 spiro atoms. The molecule has 3 nitrogen and oxygen atoms in total. The first kappa shape index (κ1) is 13.6. The molecule has 102 valence electrons. The second-order valence-corrected chi connectivity index (χ2v) is 5.34. The van der Waals surface area contributed by atoms with E-state index in [1.54, 1.807) is 6.26 Å². The van der Waals surface area contributed by atoms with Crippen molar-refractivity contribution in [1.82, 2.24) is 4.90 Å². The van der Waals surface area contributed by atoms with E-state index >= 15 is 0 Å². The van der Waals surface area contributed by atoms with E-state index < -0.39 is 0 Å². The van der Waals surface area contributed by atoms with Crippen LogP contribution >= 0.6 is 0 Å². The summed E-state index contributed by atoms with van der Waals surface area (Å²) in [5.74, 6) is 1.03. The lowest BCUT2D eigenvalue weighted by atomic mass is 9.99. The van der Waals surface area contributed by atoms with Gasteiger partial charge in [-0.05, 0) is 44.5 Å². The zero-order chi connectivity index (χ0) is 12.8. The Kier molecular flexibility index (Phi) is 5.26. The number of rotatable bonds is 4. The third kappa shape index (κ3) is 3.36. The van der Waals surface area contributed by atoms with Crippen molar-refractivity contribution in [2.45, 2.75) is 57.5 Å². The molecule has 1 aromatic rings. The summed E-state index contributed by atoms with van der Waals surface area (Å²) in [6.07, 6.45) is 9.41. The van der Waals surface area contributed by atoms with Crippen LogP contribution in [0.4, 0.5) is 0 Å². The Morgan fingerprint density at radius 2 is 1.89 bits per heavy atom. The molecule has 0 aliphatic carbocycles. The summed E-state index contributed by atoms with van der Waals surface area (Å²) in [5.41, 5.74) is 6.33. The van der Waals surface area contributed by atoms with Gasteiger partial charge in [0.25, 0.3) is 0 Å². The molecule has 0 radical (unpaired) electrons. The molecule has 2 atom stereocenters. The monoisotopic (exact) mass is 250 g/mol. The highest BCUT2D eigenvalue weighted by atomic mass is 16.3. The minimum Gasteiger partial charge on any atom is -0.468 e. The van der Waals surface area contributed by atoms with Gasteiger partial charge in [0.2, 0.25) is 0 Å². The number of likely N-dealkylation sites (tertiary alicyclic amines) is 1. The van der Waals surface area contributed by atoms with E-state index in [1.807, 2.05) is 6.07 Å². The Morgan fingerprint density at radius 3 is 2.44 bits per heavy atom. The second-order valence-electron chi connectivity index (χ2n) is 5.34. The molecule has 1 aliphatic rings. The van der Waals surface area contributed by atoms with Gasteiger partial charge in [0.05, 0.1) is 12.3 Å². The second kappa shape index (κ2) is 6.95. The van der Waals surface area contributed by atoms with Crippen LogP contribution in [0.1, 0.15) is 57.3 Å². The van der Waals surface area contributed by atoms with Gasteiger partial charge in [0.1, 0.15) is 5.76 Å². The van der Waals surface area contributed by atoms with Crippen molar-refractivity contribution in [3.63, 3.8) is 0 Å². The molecule has 1 aromatic heterocycles. The van der Waals surface area contributed by atoms with Crippen LogP contribution in [-0.4, -0.2) is 24.0 Å². The summed E-state index contributed by atoms with van der Waals surface area (Å²) in [6.45, 7) is 4.46. The summed E-state index contributed by atoms with van der Waals surface area (Å²) in [6, 6.07) is 4.45. The first-order valence-corrected chi connectivity index (χ1v) is 7.36. The lowest BCUT2D eigenvalue weighted by Gasteiger charge is -2.35. The topological polar surface area (TPSA) is 42.4 Å². The summed E-state index contributed by atoms with van der Waals surface area (Å²) in [5, 5.41) is 0. The van der Waals surface area contributed by atoms with Crippen molar-refractivity contribution in [2.24, 2.45) is 5.73 Å². The van der Waals surface area contributed by atoms with Crippen molar-refractivity contribution in [3.8, 4) is 0 Å². The van der Waals surface area contributed by atoms with E-state index in [-0.39, 0.29) is 12.1 Å². The van der Waals surface area contributed by atoms with Gasteiger partial charge in [-0.15, -0.1) is 0 Å². The van der Waals surface area contributed by atoms with Crippen molar-refractivity contribution in [1.29, 1.82) is 0 Å². The molecule has 2 N–H and O–H groups in total. The number of hydrogen-bond acceptors (Lipinski definition) is 3. The summed E-state index contributed by atoms with van der Waals surface area (Å²) < 4.78 is 5.62. The van der Waals surface area contributed by atoms with Crippen LogP contribution in [0.5, 0.6) is 0 Å². The maximum atomic E-state index is 6.33. The van der Waals surface area contributed by atoms with Crippen LogP contribution in [0.3, 0.4) is 0 Å². The van der Waals surface area contributed by atoms with E-state index in [0.717, 1.165) is 25.3 Å². The Morgan fingerprint density at radius 1 is 1.22 bits per heavy atom. The summed E-state index contributed by atoms with van der Waals surface area (Å²) >= 11 is 0. The lowest BCUT2D eigenvalue weighted by Crippen LogP contribution is -2.42. The van der Waals surface area contributed by atoms with Gasteiger partial charge >= 0.3 is 0 Å². The van der Waals surface area contributed by atoms with Crippen molar-refractivity contribution < 1.29 is 4.42 Å². The number of nitrogens with two attached hydrogens (primary N) is 1. The fraction of sp³-hybridized carbons (Fsp3) is 0.733. The van der Waals surface area contributed by atoms with Crippen molar-refractivity contribution in [2.75, 3.05) is 13.1 Å². The molecule has 18 heavy (non-hydrogen) atoms. The minimum absolute atomic E-state index is 0.163.